The van der Waals surface area contributed by atoms with Crippen molar-refractivity contribution in [3.63, 3.8) is 0 Å². The molecular formula is C30H36ClN3O4S. The monoisotopic (exact) mass is 569 g/mol. The Balaban J connectivity index is 2.04. The van der Waals surface area contributed by atoms with Crippen LogP contribution in [0.25, 0.3) is 0 Å². The summed E-state index contributed by atoms with van der Waals surface area (Å²) >= 11 is 6.07. The van der Waals surface area contributed by atoms with E-state index >= 15 is 0 Å². The Kier molecular flexibility index (Phi) is 9.46. The molecule has 0 radical (unpaired) electrons. The van der Waals surface area contributed by atoms with Crippen molar-refractivity contribution in [1.29, 1.82) is 0 Å². The number of hydrogen-bond acceptors (Lipinski definition) is 4. The number of carbonyl (C=O) groups excluding carboxylic acids is 2. The lowest BCUT2D eigenvalue weighted by molar-refractivity contribution is -0.140. The fourth-order valence-corrected chi connectivity index (χ4v) is 5.54. The van der Waals surface area contributed by atoms with Gasteiger partial charge in [0.25, 0.3) is 10.0 Å². The molecule has 1 N–H and O–H groups in total. The highest BCUT2D eigenvalue weighted by atomic mass is 35.5. The third-order valence-corrected chi connectivity index (χ3v) is 8.31. The molecule has 2 amide bonds. The molecule has 3 aromatic carbocycles. The maximum Gasteiger partial charge on any atom is 0.264 e. The van der Waals surface area contributed by atoms with Gasteiger partial charge < -0.3 is 10.2 Å². The molecule has 0 saturated heterocycles. The van der Waals surface area contributed by atoms with E-state index in [4.69, 9.17) is 11.6 Å². The van der Waals surface area contributed by atoms with Gasteiger partial charge in [-0.05, 0) is 89.1 Å². The van der Waals surface area contributed by atoms with Crippen LogP contribution in [-0.4, -0.2) is 43.3 Å². The number of benzene rings is 3. The first-order valence-corrected chi connectivity index (χ1v) is 14.5. The van der Waals surface area contributed by atoms with E-state index in [0.717, 1.165) is 21.0 Å². The minimum atomic E-state index is -4.13. The summed E-state index contributed by atoms with van der Waals surface area (Å²) in [4.78, 5) is 28.6. The van der Waals surface area contributed by atoms with Crippen molar-refractivity contribution in [3.8, 4) is 0 Å². The smallest absolute Gasteiger partial charge is 0.264 e. The average Bonchev–Trinajstić information content (AvgIpc) is 2.86. The molecule has 7 nitrogen and oxygen atoms in total. The summed E-state index contributed by atoms with van der Waals surface area (Å²) in [6, 6.07) is 19.4. The minimum absolute atomic E-state index is 0.0554. The van der Waals surface area contributed by atoms with Crippen LogP contribution in [-0.2, 0) is 26.2 Å². The van der Waals surface area contributed by atoms with Gasteiger partial charge in [0.1, 0.15) is 12.6 Å². The predicted octanol–water partition coefficient (Wildman–Crippen LogP) is 5.48. The lowest BCUT2D eigenvalue weighted by Gasteiger charge is -2.33. The molecule has 1 atom stereocenters. The van der Waals surface area contributed by atoms with E-state index in [0.29, 0.717) is 5.02 Å². The Morgan fingerprint density at radius 3 is 2.08 bits per heavy atom. The highest BCUT2D eigenvalue weighted by Crippen LogP contribution is 2.26. The zero-order chi connectivity index (χ0) is 29.0. The summed E-state index contributed by atoms with van der Waals surface area (Å²) in [5.41, 5.74) is 2.51. The van der Waals surface area contributed by atoms with Gasteiger partial charge in [-0.1, -0.05) is 53.6 Å². The van der Waals surface area contributed by atoms with Crippen molar-refractivity contribution in [1.82, 2.24) is 10.2 Å². The van der Waals surface area contributed by atoms with Crippen LogP contribution in [0.5, 0.6) is 0 Å². The van der Waals surface area contributed by atoms with E-state index in [1.54, 1.807) is 43.3 Å². The molecule has 0 aliphatic rings. The Bertz CT molecular complexity index is 1420. The number of rotatable bonds is 9. The molecule has 0 aliphatic heterocycles. The van der Waals surface area contributed by atoms with Crippen LogP contribution in [0.4, 0.5) is 5.69 Å². The number of anilines is 1. The van der Waals surface area contributed by atoms with Gasteiger partial charge in [0.05, 0.1) is 10.6 Å². The first-order valence-electron chi connectivity index (χ1n) is 12.7. The second-order valence-electron chi connectivity index (χ2n) is 10.7. The average molecular weight is 570 g/mol. The van der Waals surface area contributed by atoms with Gasteiger partial charge in [0.2, 0.25) is 11.8 Å². The van der Waals surface area contributed by atoms with Gasteiger partial charge in [0.15, 0.2) is 0 Å². The van der Waals surface area contributed by atoms with Gasteiger partial charge in [-0.15, -0.1) is 0 Å². The van der Waals surface area contributed by atoms with E-state index in [1.807, 2.05) is 58.9 Å². The lowest BCUT2D eigenvalue weighted by Crippen LogP contribution is -2.54. The van der Waals surface area contributed by atoms with Crippen LogP contribution < -0.4 is 9.62 Å². The summed E-state index contributed by atoms with van der Waals surface area (Å²) < 4.78 is 28.7. The number of sulfonamides is 1. The normalized spacial score (nSPS) is 12.5. The van der Waals surface area contributed by atoms with Crippen molar-refractivity contribution in [2.75, 3.05) is 10.8 Å². The van der Waals surface area contributed by atoms with Gasteiger partial charge in [-0.3, -0.25) is 13.9 Å². The fourth-order valence-electron chi connectivity index (χ4n) is 4.00. The van der Waals surface area contributed by atoms with Crippen molar-refractivity contribution in [2.45, 2.75) is 64.6 Å². The van der Waals surface area contributed by atoms with Crippen molar-refractivity contribution < 1.29 is 18.0 Å². The third-order valence-electron chi connectivity index (χ3n) is 6.27. The van der Waals surface area contributed by atoms with E-state index in [1.165, 1.54) is 17.0 Å². The molecule has 39 heavy (non-hydrogen) atoms. The largest absolute Gasteiger partial charge is 0.350 e. The van der Waals surface area contributed by atoms with Gasteiger partial charge >= 0.3 is 0 Å². The molecule has 9 heteroatoms. The maximum atomic E-state index is 14.0. The van der Waals surface area contributed by atoms with Gasteiger partial charge in [-0.2, -0.15) is 0 Å². The molecule has 3 aromatic rings. The van der Waals surface area contributed by atoms with Crippen LogP contribution in [0.3, 0.4) is 0 Å². The van der Waals surface area contributed by atoms with Crippen LogP contribution in [0.1, 0.15) is 44.4 Å². The summed E-state index contributed by atoms with van der Waals surface area (Å²) in [5, 5.41) is 3.36. The summed E-state index contributed by atoms with van der Waals surface area (Å²) in [5.74, 6) is -0.843. The fraction of sp³-hybridized carbons (Fsp3) is 0.333. The second-order valence-corrected chi connectivity index (χ2v) is 13.0. The molecule has 0 bridgehead atoms. The lowest BCUT2D eigenvalue weighted by atomic mass is 10.1. The summed E-state index contributed by atoms with van der Waals surface area (Å²) in [7, 11) is -4.13. The van der Waals surface area contributed by atoms with E-state index in [2.05, 4.69) is 5.32 Å². The molecule has 0 saturated carbocycles. The molecule has 208 valence electrons. The van der Waals surface area contributed by atoms with Gasteiger partial charge in [-0.25, -0.2) is 8.42 Å². The summed E-state index contributed by atoms with van der Waals surface area (Å²) in [6.45, 7) is 10.7. The van der Waals surface area contributed by atoms with Crippen LogP contribution >= 0.6 is 11.6 Å². The molecule has 0 heterocycles. The number of carbonyl (C=O) groups is 2. The third kappa shape index (κ3) is 7.83. The van der Waals surface area contributed by atoms with E-state index in [-0.39, 0.29) is 23.0 Å². The minimum Gasteiger partial charge on any atom is -0.350 e. The Hall–Kier alpha value is -3.36. The zero-order valence-corrected chi connectivity index (χ0v) is 24.8. The van der Waals surface area contributed by atoms with Crippen molar-refractivity contribution >= 4 is 39.1 Å². The van der Waals surface area contributed by atoms with Crippen LogP contribution in [0.2, 0.25) is 5.02 Å². The standard InChI is InChI=1S/C30H36ClN3O4S/c1-21-11-17-27(18-12-21)39(37,38)34(26-15-13-25(31)14-16-26)20-28(35)33(19-24-10-8-7-9-22(24)2)23(3)29(36)32-30(4,5)6/h7-18,23H,19-20H2,1-6H3,(H,32,36)/t23-/m1/s1. The van der Waals surface area contributed by atoms with E-state index < -0.39 is 34.1 Å². The molecule has 3 rings (SSSR count). The molecule has 0 aliphatic carbocycles. The molecule has 0 fully saturated rings. The maximum absolute atomic E-state index is 14.0. The van der Waals surface area contributed by atoms with Gasteiger partial charge in [0, 0.05) is 17.1 Å². The predicted molar refractivity (Wildman–Crippen MR) is 156 cm³/mol. The second kappa shape index (κ2) is 12.2. The number of aryl methyl sites for hydroxylation is 2. The first kappa shape index (κ1) is 30.2. The molecule has 0 unspecified atom stereocenters. The Labute approximate surface area is 236 Å². The number of amides is 2. The highest BCUT2D eigenvalue weighted by molar-refractivity contribution is 7.92. The van der Waals surface area contributed by atoms with E-state index in [9.17, 15) is 18.0 Å². The highest BCUT2D eigenvalue weighted by Gasteiger charge is 2.33. The zero-order valence-electron chi connectivity index (χ0n) is 23.2. The quantitative estimate of drug-likeness (QED) is 0.369. The molecule has 0 aromatic heterocycles. The number of nitrogens with one attached hydrogen (secondary N) is 1. The van der Waals surface area contributed by atoms with Crippen molar-refractivity contribution in [3.05, 3.63) is 94.5 Å². The number of halogens is 1. The topological polar surface area (TPSA) is 86.8 Å². The summed E-state index contributed by atoms with van der Waals surface area (Å²) in [6.07, 6.45) is 0. The molecular weight excluding hydrogens is 534 g/mol. The SMILES string of the molecule is Cc1ccc(S(=O)(=O)N(CC(=O)N(Cc2ccccc2C)[C@H](C)C(=O)NC(C)(C)C)c2ccc(Cl)cc2)cc1. The van der Waals surface area contributed by atoms with Crippen LogP contribution in [0, 0.1) is 13.8 Å². The number of nitrogens with zero attached hydrogens (tertiary/aromatic N) is 2. The molecule has 0 spiro atoms. The number of hydrogen-bond donors (Lipinski definition) is 1. The van der Waals surface area contributed by atoms with Crippen LogP contribution in [0.15, 0.2) is 77.7 Å². The Morgan fingerprint density at radius 1 is 0.923 bits per heavy atom. The first-order chi connectivity index (χ1) is 18.2. The Morgan fingerprint density at radius 2 is 1.51 bits per heavy atom. The van der Waals surface area contributed by atoms with Crippen molar-refractivity contribution in [2.24, 2.45) is 0 Å².